The van der Waals surface area contributed by atoms with Gasteiger partial charge in [-0.3, -0.25) is 0 Å². The van der Waals surface area contributed by atoms with Crippen LogP contribution < -0.4 is 10.6 Å². The number of benzene rings is 1. The average Bonchev–Trinajstić information content (AvgIpc) is 2.23. The number of rotatable bonds is 1. The zero-order valence-electron chi connectivity index (χ0n) is 8.28. The third-order valence-corrected chi connectivity index (χ3v) is 2.36. The summed E-state index contributed by atoms with van der Waals surface area (Å²) in [4.78, 5) is 2.09. The molecule has 2 N–H and O–H groups in total. The minimum Gasteiger partial charge on any atom is -0.396 e. The molecule has 0 aromatic heterocycles. The van der Waals surface area contributed by atoms with Crippen LogP contribution in [0, 0.1) is 5.82 Å². The monoisotopic (exact) mass is 232 g/mol. The summed E-state index contributed by atoms with van der Waals surface area (Å²) >= 11 is 0. The van der Waals surface area contributed by atoms with Crippen LogP contribution >= 0.6 is 12.4 Å². The second kappa shape index (κ2) is 5.19. The van der Waals surface area contributed by atoms with Crippen molar-refractivity contribution in [1.29, 1.82) is 0 Å². The molecule has 0 atom stereocenters. The highest BCUT2D eigenvalue weighted by molar-refractivity contribution is 5.85. The molecule has 1 fully saturated rings. The van der Waals surface area contributed by atoms with Gasteiger partial charge in [-0.25, -0.2) is 4.39 Å². The summed E-state index contributed by atoms with van der Waals surface area (Å²) in [5, 5.41) is 0. The number of morpholine rings is 1. The van der Waals surface area contributed by atoms with Gasteiger partial charge in [0.05, 0.1) is 18.9 Å². The third-order valence-electron chi connectivity index (χ3n) is 2.36. The van der Waals surface area contributed by atoms with Crippen molar-refractivity contribution in [3.8, 4) is 0 Å². The Labute approximate surface area is 94.4 Å². The summed E-state index contributed by atoms with van der Waals surface area (Å²) in [6.45, 7) is 3.02. The maximum atomic E-state index is 13.2. The summed E-state index contributed by atoms with van der Waals surface area (Å²) in [7, 11) is 0. The number of nitrogen functional groups attached to an aromatic ring is 1. The first-order valence-electron chi connectivity index (χ1n) is 4.65. The number of ether oxygens (including phenoxy) is 1. The van der Waals surface area contributed by atoms with E-state index < -0.39 is 0 Å². The van der Waals surface area contributed by atoms with Gasteiger partial charge in [-0.2, -0.15) is 0 Å². The van der Waals surface area contributed by atoms with E-state index in [-0.39, 0.29) is 23.9 Å². The lowest BCUT2D eigenvalue weighted by molar-refractivity contribution is 0.122. The van der Waals surface area contributed by atoms with Gasteiger partial charge in [0.15, 0.2) is 0 Å². The van der Waals surface area contributed by atoms with Crippen molar-refractivity contribution in [3.05, 3.63) is 24.0 Å². The average molecular weight is 233 g/mol. The number of hydrogen-bond acceptors (Lipinski definition) is 3. The summed E-state index contributed by atoms with van der Waals surface area (Å²) < 4.78 is 18.4. The molecule has 0 aliphatic carbocycles. The molecule has 0 bridgehead atoms. The third kappa shape index (κ3) is 2.73. The first-order valence-corrected chi connectivity index (χ1v) is 4.65. The Morgan fingerprint density at radius 3 is 2.53 bits per heavy atom. The smallest absolute Gasteiger partial charge is 0.148 e. The number of nitrogens with two attached hydrogens (primary N) is 1. The normalized spacial score (nSPS) is 15.9. The van der Waals surface area contributed by atoms with E-state index in [0.717, 1.165) is 18.8 Å². The molecule has 5 heteroatoms. The maximum Gasteiger partial charge on any atom is 0.148 e. The zero-order valence-corrected chi connectivity index (χ0v) is 9.10. The summed E-state index contributed by atoms with van der Waals surface area (Å²) in [6, 6.07) is 4.91. The van der Waals surface area contributed by atoms with Crippen molar-refractivity contribution in [2.45, 2.75) is 0 Å². The van der Waals surface area contributed by atoms with E-state index in [9.17, 15) is 4.39 Å². The van der Waals surface area contributed by atoms with Crippen molar-refractivity contribution >= 4 is 23.8 Å². The van der Waals surface area contributed by atoms with Crippen LogP contribution in [0.1, 0.15) is 0 Å². The van der Waals surface area contributed by atoms with Crippen LogP contribution in [0.15, 0.2) is 18.2 Å². The van der Waals surface area contributed by atoms with Crippen LogP contribution in [-0.4, -0.2) is 26.3 Å². The first-order chi connectivity index (χ1) is 6.77. The van der Waals surface area contributed by atoms with Gasteiger partial charge in [-0.05, 0) is 18.2 Å². The molecule has 1 aliphatic rings. The van der Waals surface area contributed by atoms with Crippen molar-refractivity contribution in [2.24, 2.45) is 0 Å². The van der Waals surface area contributed by atoms with E-state index in [1.807, 2.05) is 6.07 Å². The minimum atomic E-state index is -0.353. The molecule has 1 heterocycles. The fourth-order valence-electron chi connectivity index (χ4n) is 1.53. The molecule has 0 radical (unpaired) electrons. The summed E-state index contributed by atoms with van der Waals surface area (Å²) in [5.74, 6) is -0.353. The standard InChI is InChI=1S/C10H13FN2O.ClH/c11-9-7-8(1-2-10(9)12)13-3-5-14-6-4-13;/h1-2,7H,3-6,12H2;1H. The highest BCUT2D eigenvalue weighted by Crippen LogP contribution is 2.20. The van der Waals surface area contributed by atoms with E-state index in [1.165, 1.54) is 6.07 Å². The molecule has 1 aromatic carbocycles. The molecular formula is C10H14ClFN2O. The number of nitrogens with zero attached hydrogens (tertiary/aromatic N) is 1. The lowest BCUT2D eigenvalue weighted by Gasteiger charge is -2.28. The summed E-state index contributed by atoms with van der Waals surface area (Å²) in [5.41, 5.74) is 6.47. The van der Waals surface area contributed by atoms with Crippen LogP contribution in [0.25, 0.3) is 0 Å². The van der Waals surface area contributed by atoms with Crippen molar-refractivity contribution < 1.29 is 9.13 Å². The van der Waals surface area contributed by atoms with Gasteiger partial charge in [0.25, 0.3) is 0 Å². The molecule has 1 aliphatic heterocycles. The fraction of sp³-hybridized carbons (Fsp3) is 0.400. The van der Waals surface area contributed by atoms with E-state index in [1.54, 1.807) is 6.07 Å². The fourth-order valence-corrected chi connectivity index (χ4v) is 1.53. The van der Waals surface area contributed by atoms with Crippen molar-refractivity contribution in [3.63, 3.8) is 0 Å². The van der Waals surface area contributed by atoms with Crippen molar-refractivity contribution in [2.75, 3.05) is 36.9 Å². The minimum absolute atomic E-state index is 0. The van der Waals surface area contributed by atoms with Gasteiger partial charge in [-0.1, -0.05) is 0 Å². The Kier molecular flexibility index (Phi) is 4.17. The van der Waals surface area contributed by atoms with Gasteiger partial charge < -0.3 is 15.4 Å². The molecular weight excluding hydrogens is 219 g/mol. The lowest BCUT2D eigenvalue weighted by atomic mass is 10.2. The summed E-state index contributed by atoms with van der Waals surface area (Å²) in [6.07, 6.45) is 0. The second-order valence-electron chi connectivity index (χ2n) is 3.31. The molecule has 3 nitrogen and oxygen atoms in total. The largest absolute Gasteiger partial charge is 0.396 e. The van der Waals surface area contributed by atoms with E-state index >= 15 is 0 Å². The van der Waals surface area contributed by atoms with Crippen LogP contribution in [0.5, 0.6) is 0 Å². The molecule has 1 aromatic rings. The SMILES string of the molecule is Cl.Nc1ccc(N2CCOCC2)cc1F. The van der Waals surface area contributed by atoms with Gasteiger partial charge in [0, 0.05) is 18.8 Å². The highest BCUT2D eigenvalue weighted by Gasteiger charge is 2.12. The predicted octanol–water partition coefficient (Wildman–Crippen LogP) is 1.67. The Morgan fingerprint density at radius 2 is 1.93 bits per heavy atom. The van der Waals surface area contributed by atoms with Gasteiger partial charge in [0.2, 0.25) is 0 Å². The number of anilines is 2. The Morgan fingerprint density at radius 1 is 1.27 bits per heavy atom. The van der Waals surface area contributed by atoms with Gasteiger partial charge in [-0.15, -0.1) is 12.4 Å². The van der Waals surface area contributed by atoms with Crippen LogP contribution in [-0.2, 0) is 4.74 Å². The quantitative estimate of drug-likeness (QED) is 0.749. The van der Waals surface area contributed by atoms with E-state index in [4.69, 9.17) is 10.5 Å². The van der Waals surface area contributed by atoms with E-state index in [0.29, 0.717) is 13.2 Å². The molecule has 2 rings (SSSR count). The topological polar surface area (TPSA) is 38.5 Å². The second-order valence-corrected chi connectivity index (χ2v) is 3.31. The Hall–Kier alpha value is -1.00. The molecule has 1 saturated heterocycles. The van der Waals surface area contributed by atoms with Gasteiger partial charge >= 0.3 is 0 Å². The molecule has 0 unspecified atom stereocenters. The lowest BCUT2D eigenvalue weighted by Crippen LogP contribution is -2.36. The van der Waals surface area contributed by atoms with Crippen LogP contribution in [0.2, 0.25) is 0 Å². The maximum absolute atomic E-state index is 13.2. The van der Waals surface area contributed by atoms with Crippen LogP contribution in [0.3, 0.4) is 0 Å². The predicted molar refractivity (Wildman–Crippen MR) is 61.1 cm³/mol. The Bertz CT molecular complexity index is 329. The zero-order chi connectivity index (χ0) is 9.97. The number of hydrogen-bond donors (Lipinski definition) is 1. The molecule has 0 saturated carbocycles. The molecule has 0 spiro atoms. The van der Waals surface area contributed by atoms with Crippen LogP contribution in [0.4, 0.5) is 15.8 Å². The van der Waals surface area contributed by atoms with Crippen molar-refractivity contribution in [1.82, 2.24) is 0 Å². The number of halogens is 2. The first kappa shape index (κ1) is 12.1. The molecule has 0 amide bonds. The highest BCUT2D eigenvalue weighted by atomic mass is 35.5. The molecule has 84 valence electrons. The van der Waals surface area contributed by atoms with E-state index in [2.05, 4.69) is 4.90 Å². The van der Waals surface area contributed by atoms with Gasteiger partial charge in [0.1, 0.15) is 5.82 Å². The molecule has 15 heavy (non-hydrogen) atoms. The Balaban J connectivity index is 0.00000112.